The van der Waals surface area contributed by atoms with Crippen LogP contribution in [0, 0.1) is 13.8 Å². The molecule has 5 heteroatoms. The van der Waals surface area contributed by atoms with Crippen molar-refractivity contribution in [2.45, 2.75) is 26.7 Å². The molecule has 1 heterocycles. The minimum atomic E-state index is -0.305. The van der Waals surface area contributed by atoms with Gasteiger partial charge in [0.25, 0.3) is 0 Å². The lowest BCUT2D eigenvalue weighted by Crippen LogP contribution is -2.38. The summed E-state index contributed by atoms with van der Waals surface area (Å²) in [5.41, 5.74) is 7.72. The maximum Gasteiger partial charge on any atom is 0.314 e. The number of rotatable bonds is 5. The Morgan fingerprint density at radius 2 is 1.91 bits per heavy atom. The number of para-hydroxylation sites is 1. The number of hydrogen-bond acceptors (Lipinski definition) is 3. The fraction of sp³-hybridized carbons (Fsp3) is 0.588. The molecule has 1 aromatic rings. The van der Waals surface area contributed by atoms with Crippen molar-refractivity contribution < 1.29 is 9.53 Å². The van der Waals surface area contributed by atoms with E-state index in [0.717, 1.165) is 57.9 Å². The normalized spacial score (nSPS) is 16.4. The molecular formula is C17H27N3O2. The van der Waals surface area contributed by atoms with Gasteiger partial charge in [-0.15, -0.1) is 0 Å². The number of carbonyl (C=O) groups is 1. The van der Waals surface area contributed by atoms with Gasteiger partial charge >= 0.3 is 6.03 Å². The molecule has 1 fully saturated rings. The molecule has 0 saturated carbocycles. The molecule has 0 aliphatic carbocycles. The van der Waals surface area contributed by atoms with Crippen LogP contribution in [0.3, 0.4) is 0 Å². The van der Waals surface area contributed by atoms with E-state index in [1.54, 1.807) is 4.90 Å². The molecule has 0 radical (unpaired) electrons. The molecule has 0 atom stereocenters. The lowest BCUT2D eigenvalue weighted by Gasteiger charge is -2.21. The molecule has 1 aromatic carbocycles. The summed E-state index contributed by atoms with van der Waals surface area (Å²) in [5, 5.41) is 0. The first-order valence-corrected chi connectivity index (χ1v) is 8.03. The largest absolute Gasteiger partial charge is 0.493 e. The predicted octanol–water partition coefficient (Wildman–Crippen LogP) is 2.16. The second-order valence-electron chi connectivity index (χ2n) is 5.94. The van der Waals surface area contributed by atoms with E-state index in [9.17, 15) is 4.79 Å². The number of hydrogen-bond donors (Lipinski definition) is 1. The van der Waals surface area contributed by atoms with Crippen molar-refractivity contribution in [3.8, 4) is 5.75 Å². The summed E-state index contributed by atoms with van der Waals surface area (Å²) in [5.74, 6) is 1.01. The lowest BCUT2D eigenvalue weighted by atomic mass is 10.1. The van der Waals surface area contributed by atoms with Gasteiger partial charge in [-0.05, 0) is 44.4 Å². The molecule has 0 aromatic heterocycles. The molecule has 122 valence electrons. The van der Waals surface area contributed by atoms with Crippen molar-refractivity contribution in [2.24, 2.45) is 5.73 Å². The van der Waals surface area contributed by atoms with Gasteiger partial charge in [-0.3, -0.25) is 0 Å². The van der Waals surface area contributed by atoms with E-state index in [0.29, 0.717) is 0 Å². The average Bonchev–Trinajstić information content (AvgIpc) is 2.71. The van der Waals surface area contributed by atoms with Crippen LogP contribution >= 0.6 is 0 Å². The van der Waals surface area contributed by atoms with E-state index >= 15 is 0 Å². The topological polar surface area (TPSA) is 58.8 Å². The number of urea groups is 1. The maximum absolute atomic E-state index is 11.2. The summed E-state index contributed by atoms with van der Waals surface area (Å²) < 4.78 is 5.94. The molecule has 1 saturated heterocycles. The maximum atomic E-state index is 11.2. The number of ether oxygens (including phenoxy) is 1. The van der Waals surface area contributed by atoms with Gasteiger partial charge in [0.15, 0.2) is 0 Å². The third-order valence-electron chi connectivity index (χ3n) is 4.17. The highest BCUT2D eigenvalue weighted by atomic mass is 16.5. The van der Waals surface area contributed by atoms with Crippen LogP contribution in [0.5, 0.6) is 5.75 Å². The lowest BCUT2D eigenvalue weighted by molar-refractivity contribution is 0.205. The van der Waals surface area contributed by atoms with Gasteiger partial charge in [-0.1, -0.05) is 18.2 Å². The molecule has 1 aliphatic heterocycles. The van der Waals surface area contributed by atoms with Crippen molar-refractivity contribution in [3.05, 3.63) is 29.3 Å². The number of nitrogens with zero attached hydrogens (tertiary/aromatic N) is 2. The molecule has 2 N–H and O–H groups in total. The van der Waals surface area contributed by atoms with Gasteiger partial charge in [0, 0.05) is 26.2 Å². The van der Waals surface area contributed by atoms with Crippen LogP contribution in [0.4, 0.5) is 4.79 Å². The van der Waals surface area contributed by atoms with Gasteiger partial charge in [-0.2, -0.15) is 0 Å². The number of benzene rings is 1. The molecule has 5 nitrogen and oxygen atoms in total. The van der Waals surface area contributed by atoms with Crippen molar-refractivity contribution in [1.82, 2.24) is 9.80 Å². The number of nitrogens with two attached hydrogens (primary N) is 1. The van der Waals surface area contributed by atoms with E-state index in [2.05, 4.69) is 36.9 Å². The summed E-state index contributed by atoms with van der Waals surface area (Å²) >= 11 is 0. The minimum Gasteiger partial charge on any atom is -0.493 e. The first kappa shape index (κ1) is 16.6. The van der Waals surface area contributed by atoms with Crippen LogP contribution in [0.2, 0.25) is 0 Å². The highest BCUT2D eigenvalue weighted by Gasteiger charge is 2.16. The van der Waals surface area contributed by atoms with Gasteiger partial charge in [0.2, 0.25) is 0 Å². The van der Waals surface area contributed by atoms with Gasteiger partial charge in [0.05, 0.1) is 6.61 Å². The minimum absolute atomic E-state index is 0.305. The first-order valence-electron chi connectivity index (χ1n) is 8.03. The van der Waals surface area contributed by atoms with Crippen molar-refractivity contribution >= 4 is 6.03 Å². The van der Waals surface area contributed by atoms with Crippen LogP contribution in [0.25, 0.3) is 0 Å². The molecular weight excluding hydrogens is 278 g/mol. The zero-order chi connectivity index (χ0) is 15.9. The quantitative estimate of drug-likeness (QED) is 0.848. The van der Waals surface area contributed by atoms with E-state index in [4.69, 9.17) is 10.5 Å². The highest BCUT2D eigenvalue weighted by molar-refractivity contribution is 5.71. The van der Waals surface area contributed by atoms with Crippen molar-refractivity contribution in [3.63, 3.8) is 0 Å². The second-order valence-corrected chi connectivity index (χ2v) is 5.94. The molecule has 2 amide bonds. The van der Waals surface area contributed by atoms with Gasteiger partial charge in [0.1, 0.15) is 5.75 Å². The summed E-state index contributed by atoms with van der Waals surface area (Å²) in [4.78, 5) is 15.3. The number of amides is 2. The van der Waals surface area contributed by atoms with Crippen LogP contribution in [0.15, 0.2) is 18.2 Å². The average molecular weight is 305 g/mol. The van der Waals surface area contributed by atoms with Crippen LogP contribution in [-0.2, 0) is 0 Å². The third kappa shape index (κ3) is 4.63. The molecule has 22 heavy (non-hydrogen) atoms. The summed E-state index contributed by atoms with van der Waals surface area (Å²) in [7, 11) is 0. The van der Waals surface area contributed by atoms with Crippen LogP contribution in [0.1, 0.15) is 24.0 Å². The zero-order valence-corrected chi connectivity index (χ0v) is 13.7. The standard InChI is InChI=1S/C17H27N3O2/c1-14-6-3-7-15(2)16(14)22-13-5-9-19-8-4-10-20(12-11-19)17(18)21/h3,6-7H,4-5,8-13H2,1-2H3,(H2,18,21). The van der Waals surface area contributed by atoms with Crippen LogP contribution in [-0.4, -0.2) is 55.2 Å². The monoisotopic (exact) mass is 305 g/mol. The van der Waals surface area contributed by atoms with E-state index < -0.39 is 0 Å². The van der Waals surface area contributed by atoms with E-state index in [-0.39, 0.29) is 6.03 Å². The smallest absolute Gasteiger partial charge is 0.314 e. The van der Waals surface area contributed by atoms with E-state index in [1.165, 1.54) is 11.1 Å². The molecule has 0 spiro atoms. The summed E-state index contributed by atoms with van der Waals surface area (Å²) in [6, 6.07) is 5.91. The highest BCUT2D eigenvalue weighted by Crippen LogP contribution is 2.22. The SMILES string of the molecule is Cc1cccc(C)c1OCCCN1CCCN(C(N)=O)CC1. The van der Waals surface area contributed by atoms with Crippen molar-refractivity contribution in [2.75, 3.05) is 39.3 Å². The van der Waals surface area contributed by atoms with Crippen molar-refractivity contribution in [1.29, 1.82) is 0 Å². The molecule has 1 aliphatic rings. The Labute approximate surface area is 133 Å². The van der Waals surface area contributed by atoms with Gasteiger partial charge < -0.3 is 20.3 Å². The van der Waals surface area contributed by atoms with Crippen LogP contribution < -0.4 is 10.5 Å². The number of carbonyl (C=O) groups excluding carboxylic acids is 1. The Balaban J connectivity index is 1.72. The second kappa shape index (κ2) is 8.03. The first-order chi connectivity index (χ1) is 10.6. The fourth-order valence-electron chi connectivity index (χ4n) is 2.90. The molecule has 0 unspecified atom stereocenters. The zero-order valence-electron chi connectivity index (χ0n) is 13.7. The van der Waals surface area contributed by atoms with E-state index in [1.807, 2.05) is 0 Å². The third-order valence-corrected chi connectivity index (χ3v) is 4.17. The number of aryl methyl sites for hydroxylation is 2. The Hall–Kier alpha value is -1.75. The summed E-state index contributed by atoms with van der Waals surface area (Å²) in [6.07, 6.45) is 1.98. The fourth-order valence-corrected chi connectivity index (χ4v) is 2.90. The molecule has 2 rings (SSSR count). The Morgan fingerprint density at radius 1 is 1.18 bits per heavy atom. The van der Waals surface area contributed by atoms with Gasteiger partial charge in [-0.25, -0.2) is 4.79 Å². The Bertz CT molecular complexity index is 484. The summed E-state index contributed by atoms with van der Waals surface area (Å²) in [6.45, 7) is 9.29. The number of primary amides is 1. The Kier molecular flexibility index (Phi) is 6.07. The molecule has 0 bridgehead atoms. The predicted molar refractivity (Wildman–Crippen MR) is 88.2 cm³/mol. The Morgan fingerprint density at radius 3 is 2.59 bits per heavy atom.